The molecule has 0 fully saturated rings. The van der Waals surface area contributed by atoms with Gasteiger partial charge in [-0.1, -0.05) is 24.3 Å². The van der Waals surface area contributed by atoms with Crippen LogP contribution in [-0.2, 0) is 6.42 Å². The van der Waals surface area contributed by atoms with Crippen molar-refractivity contribution in [1.82, 2.24) is 0 Å². The number of nitrogens with one attached hydrogen (secondary N) is 1. The quantitative estimate of drug-likeness (QED) is 0.913. The van der Waals surface area contributed by atoms with Crippen LogP contribution < -0.4 is 15.0 Å². The number of ether oxygens (including phenoxy) is 1. The van der Waals surface area contributed by atoms with Gasteiger partial charge in [-0.15, -0.1) is 0 Å². The SMILES string of the molecule is COc1cccc(NC(=O)N2c3ccccc3C[C@@H]2C)c1. The van der Waals surface area contributed by atoms with Gasteiger partial charge in [0, 0.05) is 23.5 Å². The smallest absolute Gasteiger partial charge is 0.326 e. The van der Waals surface area contributed by atoms with Gasteiger partial charge >= 0.3 is 6.03 Å². The molecule has 2 amide bonds. The molecule has 0 bridgehead atoms. The van der Waals surface area contributed by atoms with Crippen molar-refractivity contribution in [2.75, 3.05) is 17.3 Å². The van der Waals surface area contributed by atoms with Crippen LogP contribution in [0.5, 0.6) is 5.75 Å². The zero-order chi connectivity index (χ0) is 14.8. The van der Waals surface area contributed by atoms with Crippen LogP contribution in [0.3, 0.4) is 0 Å². The maximum Gasteiger partial charge on any atom is 0.326 e. The van der Waals surface area contributed by atoms with Gasteiger partial charge in [-0.05, 0) is 37.1 Å². The van der Waals surface area contributed by atoms with Crippen LogP contribution >= 0.6 is 0 Å². The summed E-state index contributed by atoms with van der Waals surface area (Å²) >= 11 is 0. The van der Waals surface area contributed by atoms with E-state index < -0.39 is 0 Å². The Labute approximate surface area is 124 Å². The Morgan fingerprint density at radius 1 is 1.24 bits per heavy atom. The first kappa shape index (κ1) is 13.5. The van der Waals surface area contributed by atoms with Crippen LogP contribution in [0.2, 0.25) is 0 Å². The van der Waals surface area contributed by atoms with Gasteiger partial charge in [-0.25, -0.2) is 4.79 Å². The number of nitrogens with zero attached hydrogens (tertiary/aromatic N) is 1. The number of benzene rings is 2. The van der Waals surface area contributed by atoms with Crippen LogP contribution in [-0.4, -0.2) is 19.2 Å². The predicted octanol–water partition coefficient (Wildman–Crippen LogP) is 3.68. The number of anilines is 2. The van der Waals surface area contributed by atoms with Gasteiger partial charge < -0.3 is 10.1 Å². The summed E-state index contributed by atoms with van der Waals surface area (Å²) in [6.07, 6.45) is 0.891. The van der Waals surface area contributed by atoms with E-state index >= 15 is 0 Å². The van der Waals surface area contributed by atoms with E-state index in [1.54, 1.807) is 7.11 Å². The third-order valence-electron chi connectivity index (χ3n) is 3.75. The molecule has 0 aromatic heterocycles. The van der Waals surface area contributed by atoms with E-state index in [-0.39, 0.29) is 12.1 Å². The van der Waals surface area contributed by atoms with E-state index in [0.29, 0.717) is 0 Å². The highest BCUT2D eigenvalue weighted by Crippen LogP contribution is 2.32. The molecule has 0 unspecified atom stereocenters. The van der Waals surface area contributed by atoms with E-state index in [1.165, 1.54) is 5.56 Å². The Kier molecular flexibility index (Phi) is 3.52. The summed E-state index contributed by atoms with van der Waals surface area (Å²) in [5.41, 5.74) is 2.94. The van der Waals surface area contributed by atoms with Gasteiger partial charge in [-0.2, -0.15) is 0 Å². The van der Waals surface area contributed by atoms with Crippen molar-refractivity contribution in [3.8, 4) is 5.75 Å². The molecule has 0 aliphatic carbocycles. The van der Waals surface area contributed by atoms with Gasteiger partial charge in [0.15, 0.2) is 0 Å². The van der Waals surface area contributed by atoms with Crippen LogP contribution in [0.1, 0.15) is 12.5 Å². The lowest BCUT2D eigenvalue weighted by molar-refractivity contribution is 0.256. The first-order chi connectivity index (χ1) is 10.2. The molecule has 2 aromatic rings. The fourth-order valence-corrected chi connectivity index (χ4v) is 2.76. The molecule has 4 heteroatoms. The molecule has 108 valence electrons. The van der Waals surface area contributed by atoms with Crippen LogP contribution in [0.25, 0.3) is 0 Å². The number of fused-ring (bicyclic) bond motifs is 1. The molecular formula is C17H18N2O2. The Morgan fingerprint density at radius 3 is 2.86 bits per heavy atom. The normalized spacial score (nSPS) is 16.5. The highest BCUT2D eigenvalue weighted by molar-refractivity contribution is 6.03. The second kappa shape index (κ2) is 5.48. The van der Waals surface area contributed by atoms with Crippen molar-refractivity contribution in [3.05, 3.63) is 54.1 Å². The highest BCUT2D eigenvalue weighted by Gasteiger charge is 2.30. The average Bonchev–Trinajstić information content (AvgIpc) is 2.83. The third-order valence-corrected chi connectivity index (χ3v) is 3.75. The highest BCUT2D eigenvalue weighted by atomic mass is 16.5. The Hall–Kier alpha value is -2.49. The number of para-hydroxylation sites is 1. The number of methoxy groups -OCH3 is 1. The predicted molar refractivity (Wildman–Crippen MR) is 84.1 cm³/mol. The molecule has 0 saturated heterocycles. The first-order valence-electron chi connectivity index (χ1n) is 7.01. The van der Waals surface area contributed by atoms with Gasteiger partial charge in [-0.3, -0.25) is 4.90 Å². The number of carbonyl (C=O) groups is 1. The lowest BCUT2D eigenvalue weighted by Crippen LogP contribution is -2.39. The Bertz CT molecular complexity index is 669. The molecule has 0 spiro atoms. The molecule has 4 nitrogen and oxygen atoms in total. The molecule has 0 saturated carbocycles. The standard InChI is InChI=1S/C17H18N2O2/c1-12-10-13-6-3-4-9-16(13)19(12)17(20)18-14-7-5-8-15(11-14)21-2/h3-9,11-12H,10H2,1-2H3,(H,18,20)/t12-/m0/s1. The fraction of sp³-hybridized carbons (Fsp3) is 0.235. The van der Waals surface area contributed by atoms with Crippen molar-refractivity contribution in [1.29, 1.82) is 0 Å². The van der Waals surface area contributed by atoms with Gasteiger partial charge in [0.05, 0.1) is 7.11 Å². The van der Waals surface area contributed by atoms with Crippen LogP contribution in [0, 0.1) is 0 Å². The number of rotatable bonds is 2. The van der Waals surface area contributed by atoms with E-state index in [4.69, 9.17) is 4.74 Å². The van der Waals surface area contributed by atoms with Crippen LogP contribution in [0.15, 0.2) is 48.5 Å². The summed E-state index contributed by atoms with van der Waals surface area (Å²) in [5, 5.41) is 2.94. The molecule has 2 aromatic carbocycles. The summed E-state index contributed by atoms with van der Waals surface area (Å²) in [6, 6.07) is 15.5. The number of urea groups is 1. The molecule has 1 aliphatic heterocycles. The lowest BCUT2D eigenvalue weighted by Gasteiger charge is -2.23. The van der Waals surface area contributed by atoms with Crippen molar-refractivity contribution in [2.24, 2.45) is 0 Å². The van der Waals surface area contributed by atoms with Crippen molar-refractivity contribution in [3.63, 3.8) is 0 Å². The first-order valence-corrected chi connectivity index (χ1v) is 7.01. The molecule has 1 N–H and O–H groups in total. The summed E-state index contributed by atoms with van der Waals surface area (Å²) in [6.45, 7) is 2.06. The molecular weight excluding hydrogens is 264 g/mol. The van der Waals surface area contributed by atoms with E-state index in [1.807, 2.05) is 47.4 Å². The topological polar surface area (TPSA) is 41.6 Å². The second-order valence-electron chi connectivity index (χ2n) is 5.21. The summed E-state index contributed by atoms with van der Waals surface area (Å²) in [5.74, 6) is 0.725. The minimum atomic E-state index is -0.110. The Morgan fingerprint density at radius 2 is 2.05 bits per heavy atom. The lowest BCUT2D eigenvalue weighted by atomic mass is 10.1. The molecule has 1 atom stereocenters. The maximum atomic E-state index is 12.6. The number of amides is 2. The minimum Gasteiger partial charge on any atom is -0.497 e. The van der Waals surface area contributed by atoms with Gasteiger partial charge in [0.25, 0.3) is 0 Å². The number of hydrogen-bond donors (Lipinski definition) is 1. The van der Waals surface area contributed by atoms with Crippen molar-refractivity contribution in [2.45, 2.75) is 19.4 Å². The maximum absolute atomic E-state index is 12.6. The molecule has 21 heavy (non-hydrogen) atoms. The molecule has 0 radical (unpaired) electrons. The largest absolute Gasteiger partial charge is 0.497 e. The monoisotopic (exact) mass is 282 g/mol. The van der Waals surface area contributed by atoms with Gasteiger partial charge in [0.2, 0.25) is 0 Å². The second-order valence-corrected chi connectivity index (χ2v) is 5.21. The summed E-state index contributed by atoms with van der Waals surface area (Å²) < 4.78 is 5.17. The molecule has 1 heterocycles. The van der Waals surface area contributed by atoms with Crippen molar-refractivity contribution >= 4 is 17.4 Å². The van der Waals surface area contributed by atoms with Crippen LogP contribution in [0.4, 0.5) is 16.2 Å². The fourth-order valence-electron chi connectivity index (χ4n) is 2.76. The summed E-state index contributed by atoms with van der Waals surface area (Å²) in [4.78, 5) is 14.4. The van der Waals surface area contributed by atoms with Gasteiger partial charge in [0.1, 0.15) is 5.75 Å². The zero-order valence-electron chi connectivity index (χ0n) is 12.2. The minimum absolute atomic E-state index is 0.110. The molecule has 3 rings (SSSR count). The third kappa shape index (κ3) is 2.57. The number of hydrogen-bond acceptors (Lipinski definition) is 2. The van der Waals surface area contributed by atoms with E-state index in [0.717, 1.165) is 23.5 Å². The van der Waals surface area contributed by atoms with E-state index in [9.17, 15) is 4.79 Å². The molecule has 1 aliphatic rings. The zero-order valence-corrected chi connectivity index (χ0v) is 12.2. The summed E-state index contributed by atoms with van der Waals surface area (Å²) in [7, 11) is 1.61. The van der Waals surface area contributed by atoms with Crippen molar-refractivity contribution < 1.29 is 9.53 Å². The van der Waals surface area contributed by atoms with E-state index in [2.05, 4.69) is 18.3 Å². The Balaban J connectivity index is 1.82. The number of carbonyl (C=O) groups excluding carboxylic acids is 1. The average molecular weight is 282 g/mol.